The zero-order valence-electron chi connectivity index (χ0n) is 30.7. The van der Waals surface area contributed by atoms with Crippen molar-refractivity contribution in [1.82, 2.24) is 29.9 Å². The number of hydrogen-bond donors (Lipinski definition) is 2. The molecule has 55 heavy (non-hydrogen) atoms. The zero-order valence-corrected chi connectivity index (χ0v) is 31.9. The van der Waals surface area contributed by atoms with Gasteiger partial charge < -0.3 is 25.8 Å². The molecule has 0 aliphatic carbocycles. The van der Waals surface area contributed by atoms with Gasteiger partial charge in [-0.25, -0.2) is 0 Å². The average Bonchev–Trinajstić information content (AvgIpc) is 3.14. The molecule has 295 valence electrons. The van der Waals surface area contributed by atoms with E-state index < -0.39 is 26.5 Å². The van der Waals surface area contributed by atoms with Gasteiger partial charge in [0.05, 0.1) is 26.3 Å². The molecule has 0 saturated heterocycles. The number of fused-ring (bicyclic) bond motifs is 2. The van der Waals surface area contributed by atoms with Gasteiger partial charge in [0.25, 0.3) is 5.91 Å². The Balaban J connectivity index is 0.000000271. The number of rotatable bonds is 12. The summed E-state index contributed by atoms with van der Waals surface area (Å²) < 4.78 is 28.0. The zero-order chi connectivity index (χ0) is 39.2. The monoisotopic (exact) mass is 799 g/mol. The Kier molecular flexibility index (Phi) is 17.0. The van der Waals surface area contributed by atoms with E-state index in [4.69, 9.17) is 28.6 Å². The number of nitrogens with zero attached hydrogens (tertiary/aromatic N) is 8. The molecule has 0 radical (unpaired) electrons. The van der Waals surface area contributed by atoms with Crippen molar-refractivity contribution in [3.05, 3.63) is 70.3 Å². The molecule has 4 aromatic heterocycles. The fraction of sp³-hybridized carbons (Fsp3) is 0.432. The maximum atomic E-state index is 12.5. The topological polar surface area (TPSA) is 240 Å². The molecule has 18 heteroatoms. The first-order chi connectivity index (χ1) is 26.0. The molecular formula is C37H48MnN10O7. The molecule has 4 N–H and O–H groups in total. The van der Waals surface area contributed by atoms with Gasteiger partial charge in [-0.3, -0.25) is 29.3 Å². The van der Waals surface area contributed by atoms with E-state index in [1.54, 1.807) is 6.20 Å². The summed E-state index contributed by atoms with van der Waals surface area (Å²) in [6.07, 6.45) is 7.44. The number of unbranched alkanes of at least 4 members (excludes halogenated alkanes) is 2. The van der Waals surface area contributed by atoms with Crippen LogP contribution in [0, 0.1) is 13.8 Å². The van der Waals surface area contributed by atoms with Crippen molar-refractivity contribution in [3.8, 4) is 12.0 Å². The predicted molar refractivity (Wildman–Crippen MR) is 199 cm³/mol. The number of nitrogens with two attached hydrogens (primary N) is 2. The number of amides is 1. The third-order valence-corrected chi connectivity index (χ3v) is 8.23. The van der Waals surface area contributed by atoms with Crippen LogP contribution in [0.15, 0.2) is 36.7 Å². The Hall–Kier alpha value is -5.61. The van der Waals surface area contributed by atoms with Gasteiger partial charge >= 0.3 is 34.5 Å². The van der Waals surface area contributed by atoms with Crippen molar-refractivity contribution < 1.29 is 46.3 Å². The third kappa shape index (κ3) is 12.2. The first-order valence-electron chi connectivity index (χ1n) is 17.4. The number of aryl methyl sites for hydroxylation is 2. The SMILES string of the molecule is C.CCCCOc1nc(N)c2c(n1)N(Cc1ccc(C)nc1)C(=O)C(=O)C2.CCCCOc1nc(N)c2c(n1)N(Cc1ccc(C)nc1)CC(=O)C2.[O]=[Mn]=[O]. The van der Waals surface area contributed by atoms with Gasteiger partial charge in [0.15, 0.2) is 5.78 Å². The van der Waals surface area contributed by atoms with Gasteiger partial charge in [-0.2, -0.15) is 19.9 Å². The Labute approximate surface area is 326 Å². The van der Waals surface area contributed by atoms with E-state index in [0.717, 1.165) is 48.2 Å². The number of carbonyl (C=O) groups excluding carboxylic acids is 3. The first kappa shape index (κ1) is 43.8. The standard InChI is InChI=1S/C18H21N5O3.C18H23N5O2.CH4.Mn.2O/c1-3-4-7-26-18-21-15(19)13-8-14(24)17(25)23(16(13)22-18)10-12-6-5-11(2)20-9-12;1-3-4-7-25-18-21-16(19)15-8-14(24)11-23(17(15)22-18)10-13-6-5-12(2)20-9-13;;;;/h5-6,9H,3-4,7-8,10H2,1-2H3,(H2,19,21,22);5-6,9H,3-4,7-8,10-11H2,1-2H3,(H2,19,21,22);1H4;;;. The van der Waals surface area contributed by atoms with Crippen molar-refractivity contribution in [2.75, 3.05) is 41.0 Å². The van der Waals surface area contributed by atoms with Gasteiger partial charge in [-0.1, -0.05) is 46.2 Å². The van der Waals surface area contributed by atoms with Gasteiger partial charge in [0, 0.05) is 54.3 Å². The maximum absolute atomic E-state index is 12.5. The van der Waals surface area contributed by atoms with Crippen LogP contribution in [0.25, 0.3) is 0 Å². The molecule has 6 heterocycles. The van der Waals surface area contributed by atoms with Crippen LogP contribution in [0.3, 0.4) is 0 Å². The number of pyridine rings is 2. The number of ether oxygens (including phenoxy) is 2. The summed E-state index contributed by atoms with van der Waals surface area (Å²) in [4.78, 5) is 65.6. The molecule has 0 aromatic carbocycles. The molecule has 0 bridgehead atoms. The van der Waals surface area contributed by atoms with E-state index in [1.165, 1.54) is 4.90 Å². The third-order valence-electron chi connectivity index (χ3n) is 8.23. The molecule has 0 spiro atoms. The van der Waals surface area contributed by atoms with Crippen molar-refractivity contribution in [3.63, 3.8) is 0 Å². The van der Waals surface area contributed by atoms with Crippen LogP contribution in [0.1, 0.15) is 80.6 Å². The van der Waals surface area contributed by atoms with Crippen LogP contribution in [-0.2, 0) is 62.8 Å². The quantitative estimate of drug-likeness (QED) is 0.117. The Bertz CT molecular complexity index is 1970. The number of carbonyl (C=O) groups is 3. The Morgan fingerprint density at radius 1 is 0.727 bits per heavy atom. The molecule has 1 amide bonds. The minimum atomic E-state index is -1.44. The molecule has 0 unspecified atom stereocenters. The molecule has 2 aliphatic rings. The van der Waals surface area contributed by atoms with Crippen LogP contribution in [-0.4, -0.2) is 67.1 Å². The molecule has 2 aliphatic heterocycles. The predicted octanol–water partition coefficient (Wildman–Crippen LogP) is 4.07. The summed E-state index contributed by atoms with van der Waals surface area (Å²) >= 11 is -1.44. The molecule has 0 saturated carbocycles. The van der Waals surface area contributed by atoms with Crippen LogP contribution in [0.4, 0.5) is 23.3 Å². The fourth-order valence-corrected chi connectivity index (χ4v) is 5.39. The first-order valence-corrected chi connectivity index (χ1v) is 18.4. The average molecular weight is 800 g/mol. The normalized spacial score (nSPS) is 12.9. The molecular weight excluding hydrogens is 751 g/mol. The summed E-state index contributed by atoms with van der Waals surface area (Å²) in [5, 5.41) is 0. The second-order valence-electron chi connectivity index (χ2n) is 12.5. The van der Waals surface area contributed by atoms with Gasteiger partial charge in [0.1, 0.15) is 23.3 Å². The van der Waals surface area contributed by atoms with Crippen molar-refractivity contribution in [2.45, 2.75) is 86.7 Å². The van der Waals surface area contributed by atoms with Crippen molar-refractivity contribution in [2.24, 2.45) is 0 Å². The Morgan fingerprint density at radius 2 is 1.22 bits per heavy atom. The summed E-state index contributed by atoms with van der Waals surface area (Å²) in [6, 6.07) is 8.05. The van der Waals surface area contributed by atoms with Crippen LogP contribution >= 0.6 is 0 Å². The number of Topliss-reactive ketones (excluding diaryl/α,β-unsaturated/α-hetero) is 2. The van der Waals surface area contributed by atoms with Crippen LogP contribution in [0.2, 0.25) is 0 Å². The number of aromatic nitrogens is 6. The fourth-order valence-electron chi connectivity index (χ4n) is 5.39. The van der Waals surface area contributed by atoms with E-state index in [9.17, 15) is 14.4 Å². The van der Waals surface area contributed by atoms with E-state index >= 15 is 0 Å². The number of anilines is 4. The Morgan fingerprint density at radius 3 is 1.71 bits per heavy atom. The molecule has 6 rings (SSSR count). The van der Waals surface area contributed by atoms with Gasteiger partial charge in [-0.15, -0.1) is 0 Å². The summed E-state index contributed by atoms with van der Waals surface area (Å²) in [5.41, 5.74) is 16.8. The number of hydrogen-bond acceptors (Lipinski definition) is 16. The second-order valence-corrected chi connectivity index (χ2v) is 12.7. The summed E-state index contributed by atoms with van der Waals surface area (Å²) in [5.74, 6) is 0.435. The summed E-state index contributed by atoms with van der Waals surface area (Å²) in [6.45, 7) is 9.98. The minimum absolute atomic E-state index is 0. The van der Waals surface area contributed by atoms with E-state index in [2.05, 4.69) is 36.8 Å². The molecule has 4 aromatic rings. The molecule has 17 nitrogen and oxygen atoms in total. The van der Waals surface area contributed by atoms with Crippen molar-refractivity contribution >= 4 is 40.7 Å². The van der Waals surface area contributed by atoms with Gasteiger partial charge in [-0.05, 0) is 49.9 Å². The van der Waals surface area contributed by atoms with E-state index in [0.29, 0.717) is 54.9 Å². The van der Waals surface area contributed by atoms with Crippen LogP contribution < -0.4 is 30.7 Å². The van der Waals surface area contributed by atoms with Gasteiger partial charge in [0.2, 0.25) is 5.78 Å². The second kappa shape index (κ2) is 21.3. The number of ketones is 2. The molecule has 0 fully saturated rings. The van der Waals surface area contributed by atoms with Crippen molar-refractivity contribution in [1.29, 1.82) is 0 Å². The number of nitrogen functional groups attached to an aromatic ring is 2. The van der Waals surface area contributed by atoms with Crippen LogP contribution in [0.5, 0.6) is 12.0 Å². The summed E-state index contributed by atoms with van der Waals surface area (Å²) in [7, 11) is 0. The molecule has 0 atom stereocenters. The van der Waals surface area contributed by atoms with E-state index in [1.807, 2.05) is 56.1 Å². The van der Waals surface area contributed by atoms with E-state index in [-0.39, 0.29) is 50.4 Å².